The number of nitrogen functional groups attached to an aromatic ring is 1. The van der Waals surface area contributed by atoms with Crippen LogP contribution in [0.15, 0.2) is 42.7 Å². The quantitative estimate of drug-likeness (QED) is 0.0406. The van der Waals surface area contributed by atoms with Gasteiger partial charge in [-0.25, -0.2) is 14.1 Å². The van der Waals surface area contributed by atoms with Crippen molar-refractivity contribution in [1.29, 1.82) is 5.26 Å². The molecule has 1 saturated heterocycles. The van der Waals surface area contributed by atoms with E-state index in [1.165, 1.54) is 100 Å². The molecule has 0 radical (unpaired) electrons. The summed E-state index contributed by atoms with van der Waals surface area (Å²) in [6, 6.07) is 12.2. The number of anilines is 1. The van der Waals surface area contributed by atoms with Crippen LogP contribution < -0.4 is 5.73 Å². The molecule has 2 aromatic heterocycles. The smallest absolute Gasteiger partial charge is 0.387 e. The minimum Gasteiger partial charge on any atom is -0.387 e. The molecule has 2 aliphatic rings. The summed E-state index contributed by atoms with van der Waals surface area (Å²) in [5.74, 6) is 0.138. The van der Waals surface area contributed by atoms with Crippen LogP contribution in [0.1, 0.15) is 127 Å². The molecule has 7 atom stereocenters. The van der Waals surface area contributed by atoms with Gasteiger partial charge >= 0.3 is 7.82 Å². The maximum Gasteiger partial charge on any atom is 0.472 e. The second-order valence-corrected chi connectivity index (χ2v) is 17.3. The fourth-order valence-corrected chi connectivity index (χ4v) is 8.66. The summed E-state index contributed by atoms with van der Waals surface area (Å²) in [5.41, 5.74) is 3.52. The number of nitrogens with zero attached hydrogens (tertiary/aromatic N) is 4. The van der Waals surface area contributed by atoms with Crippen molar-refractivity contribution in [3.05, 3.63) is 59.0 Å². The van der Waals surface area contributed by atoms with Crippen molar-refractivity contribution < 1.29 is 42.9 Å². The van der Waals surface area contributed by atoms with Gasteiger partial charge in [0.05, 0.1) is 25.5 Å². The highest BCUT2D eigenvalue weighted by Crippen LogP contribution is 2.62. The number of ether oxygens (including phenoxy) is 3. The normalized spacial score (nSPS) is 24.5. The lowest BCUT2D eigenvalue weighted by Crippen LogP contribution is -2.41. The zero-order valence-electron chi connectivity index (χ0n) is 33.2. The summed E-state index contributed by atoms with van der Waals surface area (Å²) in [5, 5.41) is 37.2. The molecule has 316 valence electrons. The third-order valence-corrected chi connectivity index (χ3v) is 12.3. The van der Waals surface area contributed by atoms with Crippen LogP contribution in [-0.4, -0.2) is 79.5 Å². The van der Waals surface area contributed by atoms with E-state index in [1.807, 2.05) is 18.2 Å². The molecule has 2 fully saturated rings. The fourth-order valence-electron chi connectivity index (χ4n) is 7.54. The van der Waals surface area contributed by atoms with Crippen LogP contribution in [-0.2, 0) is 40.0 Å². The molecule has 5 N–H and O–H groups in total. The first-order valence-electron chi connectivity index (χ1n) is 20.7. The van der Waals surface area contributed by atoms with Gasteiger partial charge in [-0.3, -0.25) is 9.05 Å². The SMILES string of the molecule is CCCCCCCCCCCCCCCCCCOC[C@H](COP(=O)(O)O[C@@H]1C[C@@]12O[C@@](C#N)(c1ccc3c(N)ncnn13)[C@H](O)[C@@H]2O)OCc1ccc(Cl)cc1. The van der Waals surface area contributed by atoms with Gasteiger partial charge in [-0.1, -0.05) is 127 Å². The molecule has 1 aromatic carbocycles. The maximum atomic E-state index is 13.2. The molecule has 5 rings (SSSR count). The molecule has 3 aromatic rings. The number of aromatic nitrogens is 3. The molecule has 1 aliphatic heterocycles. The third-order valence-electron chi connectivity index (χ3n) is 11.0. The molecule has 14 nitrogen and oxygen atoms in total. The highest BCUT2D eigenvalue weighted by molar-refractivity contribution is 7.47. The van der Waals surface area contributed by atoms with E-state index in [1.54, 1.807) is 18.2 Å². The molecule has 1 aliphatic carbocycles. The summed E-state index contributed by atoms with van der Waals surface area (Å²) in [6.45, 7) is 2.76. The predicted octanol–water partition coefficient (Wildman–Crippen LogP) is 7.94. The topological polar surface area (TPSA) is 204 Å². The van der Waals surface area contributed by atoms with E-state index in [4.69, 9.17) is 40.6 Å². The maximum absolute atomic E-state index is 13.2. The van der Waals surface area contributed by atoms with Crippen LogP contribution in [0.2, 0.25) is 5.02 Å². The number of hydrogen-bond donors (Lipinski definition) is 4. The number of hydrogen-bond acceptors (Lipinski definition) is 12. The summed E-state index contributed by atoms with van der Waals surface area (Å²) >= 11 is 6.03. The van der Waals surface area contributed by atoms with Crippen molar-refractivity contribution in [2.24, 2.45) is 0 Å². The van der Waals surface area contributed by atoms with E-state index in [0.717, 1.165) is 24.8 Å². The highest BCUT2D eigenvalue weighted by Gasteiger charge is 2.76. The Hall–Kier alpha value is -2.67. The van der Waals surface area contributed by atoms with E-state index < -0.39 is 43.4 Å². The first-order valence-corrected chi connectivity index (χ1v) is 22.6. The van der Waals surface area contributed by atoms with Crippen LogP contribution in [0.3, 0.4) is 0 Å². The number of phosphoric acid groups is 1. The van der Waals surface area contributed by atoms with Gasteiger partial charge in [0, 0.05) is 18.1 Å². The summed E-state index contributed by atoms with van der Waals surface area (Å²) in [4.78, 5) is 14.7. The Morgan fingerprint density at radius 3 is 2.18 bits per heavy atom. The zero-order chi connectivity index (χ0) is 40.7. The second-order valence-electron chi connectivity index (χ2n) is 15.5. The van der Waals surface area contributed by atoms with Crippen LogP contribution in [0.25, 0.3) is 5.52 Å². The van der Waals surface area contributed by atoms with Crippen molar-refractivity contribution in [3.8, 4) is 6.07 Å². The number of benzene rings is 1. The minimum absolute atomic E-state index is 0.0814. The number of fused-ring (bicyclic) bond motifs is 1. The van der Waals surface area contributed by atoms with Gasteiger partial charge in [0.25, 0.3) is 0 Å². The van der Waals surface area contributed by atoms with Crippen molar-refractivity contribution >= 4 is 30.8 Å². The number of aliphatic hydroxyl groups excluding tert-OH is 2. The Balaban J connectivity index is 1.03. The van der Waals surface area contributed by atoms with Gasteiger partial charge in [-0.05, 0) is 36.2 Å². The lowest BCUT2D eigenvalue weighted by Gasteiger charge is -2.24. The molecule has 0 bridgehead atoms. The first kappa shape index (κ1) is 45.4. The molecule has 1 saturated carbocycles. The summed E-state index contributed by atoms with van der Waals surface area (Å²) in [7, 11) is -4.75. The summed E-state index contributed by atoms with van der Waals surface area (Å²) < 4.78 is 43.4. The second kappa shape index (κ2) is 22.1. The molecule has 1 spiro atoms. The molecule has 1 unspecified atom stereocenters. The highest BCUT2D eigenvalue weighted by atomic mass is 35.5. The average Bonchev–Trinajstić information content (AvgIpc) is 3.57. The van der Waals surface area contributed by atoms with Crippen molar-refractivity contribution in [2.75, 3.05) is 25.6 Å². The Morgan fingerprint density at radius 2 is 1.56 bits per heavy atom. The molecule has 3 heterocycles. The number of phosphoric ester groups is 1. The van der Waals surface area contributed by atoms with Gasteiger partial charge in [-0.2, -0.15) is 10.4 Å². The number of aliphatic hydroxyl groups is 2. The Bertz CT molecular complexity index is 1760. The van der Waals surface area contributed by atoms with Gasteiger partial charge in [0.15, 0.2) is 5.82 Å². The molecule has 0 amide bonds. The number of nitriles is 1. The Labute approximate surface area is 341 Å². The van der Waals surface area contributed by atoms with Crippen LogP contribution in [0.4, 0.5) is 5.82 Å². The van der Waals surface area contributed by atoms with E-state index in [2.05, 4.69) is 17.0 Å². The van der Waals surface area contributed by atoms with Crippen LogP contribution >= 0.6 is 19.4 Å². The van der Waals surface area contributed by atoms with Gasteiger partial charge in [0.2, 0.25) is 5.60 Å². The van der Waals surface area contributed by atoms with Crippen LogP contribution in [0, 0.1) is 11.3 Å². The monoisotopic (exact) mass is 833 g/mol. The Kier molecular flexibility index (Phi) is 17.6. The molecule has 57 heavy (non-hydrogen) atoms. The molecular weight excluding hydrogens is 773 g/mol. The van der Waals surface area contributed by atoms with Gasteiger partial charge in [-0.15, -0.1) is 0 Å². The van der Waals surface area contributed by atoms with E-state index >= 15 is 0 Å². The average molecular weight is 834 g/mol. The lowest BCUT2D eigenvalue weighted by molar-refractivity contribution is -0.0778. The third kappa shape index (κ3) is 12.4. The number of nitrogens with two attached hydrogens (primary N) is 1. The lowest BCUT2D eigenvalue weighted by atomic mass is 9.92. The largest absolute Gasteiger partial charge is 0.472 e. The standard InChI is InChI=1S/C41H61ClN5O9P/c1-2-3-4-5-6-7-8-9-10-11-12-13-14-15-16-17-24-52-27-33(53-26-31-18-20-32(42)21-19-31)28-54-57(50,51)55-36-25-40(36)37(48)38(49)41(29-43,56-40)35-23-22-34-39(44)45-30-46-47(34)35/h18-23,30,33,36-38,48-49H,2-17,24-28H2,1H3,(H,50,51)(H2,44,45,46)/t33-,36-,37+,38-,40-,41+/m1/s1. The van der Waals surface area contributed by atoms with Crippen molar-refractivity contribution in [2.45, 2.75) is 158 Å². The summed E-state index contributed by atoms with van der Waals surface area (Å²) in [6.07, 6.45) is 16.4. The molecular formula is C41H61ClN5O9P. The van der Waals surface area contributed by atoms with E-state index in [9.17, 15) is 24.9 Å². The number of halogens is 1. The zero-order valence-corrected chi connectivity index (χ0v) is 34.8. The fraction of sp³-hybridized carbons (Fsp3) is 0.683. The predicted molar refractivity (Wildman–Crippen MR) is 216 cm³/mol. The van der Waals surface area contributed by atoms with Crippen molar-refractivity contribution in [3.63, 3.8) is 0 Å². The van der Waals surface area contributed by atoms with Crippen molar-refractivity contribution in [1.82, 2.24) is 14.6 Å². The Morgan fingerprint density at radius 1 is 0.947 bits per heavy atom. The van der Waals surface area contributed by atoms with Crippen LogP contribution in [0.5, 0.6) is 0 Å². The number of unbranched alkanes of at least 4 members (excludes halogenated alkanes) is 15. The van der Waals surface area contributed by atoms with Gasteiger partial charge in [0.1, 0.15) is 47.9 Å². The van der Waals surface area contributed by atoms with Gasteiger partial charge < -0.3 is 35.1 Å². The van der Waals surface area contributed by atoms with E-state index in [-0.39, 0.29) is 37.8 Å². The van der Waals surface area contributed by atoms with E-state index in [0.29, 0.717) is 17.1 Å². The first-order chi connectivity index (χ1) is 27.5. The number of rotatable bonds is 28. The minimum atomic E-state index is -4.75. The molecule has 16 heteroatoms.